The van der Waals surface area contributed by atoms with Gasteiger partial charge in [0.25, 0.3) is 10.1 Å². The van der Waals surface area contributed by atoms with Crippen LogP contribution in [0.1, 0.15) is 5.82 Å². The number of aryl methyl sites for hydroxylation is 1. The van der Waals surface area contributed by atoms with Crippen LogP contribution >= 0.6 is 11.6 Å². The van der Waals surface area contributed by atoms with E-state index in [0.29, 0.717) is 22.7 Å². The molecule has 0 unspecified atom stereocenters. The number of hydrogen-bond donors (Lipinski definition) is 2. The maximum Gasteiger partial charge on any atom is 0.261 e. The van der Waals surface area contributed by atoms with E-state index in [9.17, 15) is 8.42 Å². The summed E-state index contributed by atoms with van der Waals surface area (Å²) in [5.41, 5.74) is 8.00. The number of aromatic nitrogens is 4. The second-order valence-corrected chi connectivity index (χ2v) is 6.17. The maximum atomic E-state index is 9.19. The van der Waals surface area contributed by atoms with Gasteiger partial charge in [-0.25, -0.2) is 4.98 Å². The number of rotatable bonds is 0. The average Bonchev–Trinajstić information content (AvgIpc) is 2.72. The van der Waals surface area contributed by atoms with Crippen molar-refractivity contribution in [1.29, 1.82) is 0 Å². The Morgan fingerprint density at radius 2 is 1.95 bits per heavy atom. The minimum atomic E-state index is -3.67. The van der Waals surface area contributed by atoms with Crippen molar-refractivity contribution in [3.63, 3.8) is 0 Å². The third kappa shape index (κ3) is 3.57. The van der Waals surface area contributed by atoms with Crippen LogP contribution in [0.25, 0.3) is 16.7 Å². The molecule has 8 nitrogen and oxygen atoms in total. The zero-order valence-corrected chi connectivity index (χ0v) is 12.7. The Bertz CT molecular complexity index is 914. The molecule has 0 spiro atoms. The number of halogens is 1. The van der Waals surface area contributed by atoms with Crippen LogP contribution in [0.15, 0.2) is 18.2 Å². The molecule has 0 radical (unpaired) electrons. The zero-order valence-electron chi connectivity index (χ0n) is 11.1. The third-order valence-corrected chi connectivity index (χ3v) is 2.71. The molecule has 2 heterocycles. The maximum absolute atomic E-state index is 9.19. The van der Waals surface area contributed by atoms with E-state index in [1.807, 2.05) is 23.5 Å². The van der Waals surface area contributed by atoms with Crippen molar-refractivity contribution in [2.24, 2.45) is 0 Å². The van der Waals surface area contributed by atoms with E-state index >= 15 is 0 Å². The first-order valence-electron chi connectivity index (χ1n) is 5.66. The summed E-state index contributed by atoms with van der Waals surface area (Å²) in [6.07, 6.45) is 0.715. The first-order chi connectivity index (χ1) is 9.66. The van der Waals surface area contributed by atoms with Crippen LogP contribution in [-0.2, 0) is 10.1 Å². The molecular formula is C11H12ClN5O3S. The molecule has 2 aromatic heterocycles. The van der Waals surface area contributed by atoms with E-state index in [0.717, 1.165) is 16.9 Å². The highest BCUT2D eigenvalue weighted by Crippen LogP contribution is 2.22. The highest BCUT2D eigenvalue weighted by atomic mass is 35.5. The average molecular weight is 330 g/mol. The molecule has 3 N–H and O–H groups in total. The number of nitrogen functional groups attached to an aromatic ring is 1. The van der Waals surface area contributed by atoms with Gasteiger partial charge >= 0.3 is 0 Å². The fraction of sp³-hybridized carbons (Fsp3) is 0.182. The van der Waals surface area contributed by atoms with Gasteiger partial charge in [0, 0.05) is 5.02 Å². The van der Waals surface area contributed by atoms with Gasteiger partial charge in [-0.3, -0.25) is 8.95 Å². The molecule has 112 valence electrons. The van der Waals surface area contributed by atoms with Crippen LogP contribution in [0.4, 0.5) is 5.82 Å². The van der Waals surface area contributed by atoms with Crippen molar-refractivity contribution >= 4 is 44.2 Å². The summed E-state index contributed by atoms with van der Waals surface area (Å²) in [4.78, 5) is 4.25. The lowest BCUT2D eigenvalue weighted by molar-refractivity contribution is 0.490. The molecule has 10 heteroatoms. The summed E-state index contributed by atoms with van der Waals surface area (Å²) in [5.74, 6) is 1.13. The number of nitrogens with two attached hydrogens (primary N) is 1. The molecule has 0 saturated heterocycles. The lowest BCUT2D eigenvalue weighted by Crippen LogP contribution is -1.99. The minimum Gasteiger partial charge on any atom is -0.381 e. The highest BCUT2D eigenvalue weighted by molar-refractivity contribution is 7.85. The van der Waals surface area contributed by atoms with Gasteiger partial charge in [-0.15, -0.1) is 10.2 Å². The van der Waals surface area contributed by atoms with Gasteiger partial charge in [0.05, 0.1) is 17.3 Å². The third-order valence-electron chi connectivity index (χ3n) is 2.47. The van der Waals surface area contributed by atoms with E-state index in [1.54, 1.807) is 6.07 Å². The Labute approximate surface area is 125 Å². The molecule has 1 aromatic carbocycles. The molecule has 0 aliphatic rings. The lowest BCUT2D eigenvalue weighted by Gasteiger charge is -2.04. The smallest absolute Gasteiger partial charge is 0.261 e. The number of fused-ring (bicyclic) bond motifs is 3. The monoisotopic (exact) mass is 329 g/mol. The first kappa shape index (κ1) is 15.4. The molecule has 0 atom stereocenters. The van der Waals surface area contributed by atoms with E-state index in [4.69, 9.17) is 21.9 Å². The first-order valence-corrected chi connectivity index (χ1v) is 7.88. The van der Waals surface area contributed by atoms with Crippen molar-refractivity contribution in [3.8, 4) is 0 Å². The molecule has 0 saturated carbocycles. The predicted molar refractivity (Wildman–Crippen MR) is 79.9 cm³/mol. The number of benzene rings is 1. The van der Waals surface area contributed by atoms with Crippen molar-refractivity contribution in [1.82, 2.24) is 19.6 Å². The van der Waals surface area contributed by atoms with Gasteiger partial charge in [-0.1, -0.05) is 11.6 Å². The summed E-state index contributed by atoms with van der Waals surface area (Å²) in [7, 11) is -3.67. The van der Waals surface area contributed by atoms with Gasteiger partial charge in [0.2, 0.25) is 5.65 Å². The number of anilines is 1. The Balaban J connectivity index is 0.000000282. The van der Waals surface area contributed by atoms with Crippen molar-refractivity contribution in [3.05, 3.63) is 29.0 Å². The summed E-state index contributed by atoms with van der Waals surface area (Å²) in [6.45, 7) is 1.86. The van der Waals surface area contributed by atoms with Crippen LogP contribution in [-0.4, -0.2) is 38.8 Å². The molecule has 0 amide bonds. The Morgan fingerprint density at radius 3 is 2.57 bits per heavy atom. The number of nitrogens with zero attached hydrogens (tertiary/aromatic N) is 4. The molecular weight excluding hydrogens is 318 g/mol. The molecule has 0 fully saturated rings. The standard InChI is InChI=1S/C10H8ClN5.CH4O3S/c1-5-14-15-10-9(12)13-7-3-2-6(11)4-8(7)16(5)10;1-5(2,3)4/h2-4H,1H3,(H2,12,13);1H3,(H,2,3,4). The molecule has 0 bridgehead atoms. The van der Waals surface area contributed by atoms with Crippen LogP contribution in [0.5, 0.6) is 0 Å². The summed E-state index contributed by atoms with van der Waals surface area (Å²) in [5, 5.41) is 8.61. The normalized spacial score (nSPS) is 11.4. The van der Waals surface area contributed by atoms with Crippen LogP contribution in [0.2, 0.25) is 5.02 Å². The van der Waals surface area contributed by atoms with Gasteiger partial charge < -0.3 is 5.73 Å². The Kier molecular flexibility index (Phi) is 3.99. The topological polar surface area (TPSA) is 123 Å². The zero-order chi connectivity index (χ0) is 15.8. The van der Waals surface area contributed by atoms with E-state index in [1.165, 1.54) is 0 Å². The fourth-order valence-electron chi connectivity index (χ4n) is 1.77. The van der Waals surface area contributed by atoms with Gasteiger partial charge in [-0.2, -0.15) is 8.42 Å². The second-order valence-electron chi connectivity index (χ2n) is 4.27. The summed E-state index contributed by atoms with van der Waals surface area (Å²) in [6, 6.07) is 5.43. The fourth-order valence-corrected chi connectivity index (χ4v) is 1.93. The SMILES string of the molecule is CS(=O)(=O)O.Cc1nnc2c(N)nc3ccc(Cl)cc3n12. The van der Waals surface area contributed by atoms with Crippen molar-refractivity contribution < 1.29 is 13.0 Å². The summed E-state index contributed by atoms with van der Waals surface area (Å²) >= 11 is 5.97. The quantitative estimate of drug-likeness (QED) is 0.596. The Hall–Kier alpha value is -1.97. The molecule has 0 aliphatic carbocycles. The van der Waals surface area contributed by atoms with E-state index < -0.39 is 10.1 Å². The lowest BCUT2D eigenvalue weighted by atomic mass is 10.3. The van der Waals surface area contributed by atoms with Crippen LogP contribution in [0, 0.1) is 6.92 Å². The second kappa shape index (κ2) is 5.43. The van der Waals surface area contributed by atoms with Crippen molar-refractivity contribution in [2.45, 2.75) is 6.92 Å². The predicted octanol–water partition coefficient (Wildman–Crippen LogP) is 1.33. The van der Waals surface area contributed by atoms with Gasteiger partial charge in [0.1, 0.15) is 5.82 Å². The van der Waals surface area contributed by atoms with Crippen LogP contribution < -0.4 is 5.73 Å². The molecule has 21 heavy (non-hydrogen) atoms. The largest absolute Gasteiger partial charge is 0.381 e. The number of hydrogen-bond acceptors (Lipinski definition) is 6. The van der Waals surface area contributed by atoms with Gasteiger partial charge in [-0.05, 0) is 25.1 Å². The van der Waals surface area contributed by atoms with E-state index in [2.05, 4.69) is 15.2 Å². The van der Waals surface area contributed by atoms with Crippen LogP contribution in [0.3, 0.4) is 0 Å². The van der Waals surface area contributed by atoms with Gasteiger partial charge in [0.15, 0.2) is 5.82 Å². The van der Waals surface area contributed by atoms with E-state index in [-0.39, 0.29) is 0 Å². The summed E-state index contributed by atoms with van der Waals surface area (Å²) < 4.78 is 27.7. The highest BCUT2D eigenvalue weighted by Gasteiger charge is 2.10. The van der Waals surface area contributed by atoms with Crippen molar-refractivity contribution in [2.75, 3.05) is 12.0 Å². The molecule has 3 aromatic rings. The molecule has 0 aliphatic heterocycles. The Morgan fingerprint density at radius 1 is 1.33 bits per heavy atom. The molecule has 3 rings (SSSR count). The minimum absolute atomic E-state index is 0.371.